The fourth-order valence-corrected chi connectivity index (χ4v) is 5.21. The van der Waals surface area contributed by atoms with Crippen LogP contribution in [0.2, 0.25) is 0 Å². The van der Waals surface area contributed by atoms with Gasteiger partial charge in [0.25, 0.3) is 0 Å². The predicted octanol–water partition coefficient (Wildman–Crippen LogP) is 6.79. The summed E-state index contributed by atoms with van der Waals surface area (Å²) in [4.78, 5) is 24.7. The average molecular weight is 505 g/mol. The van der Waals surface area contributed by atoms with E-state index in [1.807, 2.05) is 30.8 Å². The molecule has 7 heteroatoms. The molecule has 0 N–H and O–H groups in total. The van der Waals surface area contributed by atoms with Crippen LogP contribution in [0.25, 0.3) is 11.0 Å². The Kier molecular flexibility index (Phi) is 11.1. The van der Waals surface area contributed by atoms with E-state index in [1.54, 1.807) is 19.9 Å². The molecule has 1 aromatic heterocycles. The van der Waals surface area contributed by atoms with Gasteiger partial charge in [0.05, 0.1) is 13.2 Å². The van der Waals surface area contributed by atoms with E-state index in [2.05, 4.69) is 6.07 Å². The van der Waals surface area contributed by atoms with Gasteiger partial charge in [-0.1, -0.05) is 51.4 Å². The second kappa shape index (κ2) is 14.0. The van der Waals surface area contributed by atoms with Gasteiger partial charge in [0, 0.05) is 16.3 Å². The number of benzene rings is 1. The minimum Gasteiger partial charge on any atom is -0.464 e. The third-order valence-corrected chi connectivity index (χ3v) is 7.33. The third-order valence-electron chi connectivity index (χ3n) is 6.25. The van der Waals surface area contributed by atoms with Crippen molar-refractivity contribution >= 4 is 28.7 Å². The van der Waals surface area contributed by atoms with Gasteiger partial charge in [-0.3, -0.25) is 0 Å². The van der Waals surface area contributed by atoms with Crippen molar-refractivity contribution in [3.63, 3.8) is 0 Å². The van der Waals surface area contributed by atoms with Crippen molar-refractivity contribution in [1.29, 1.82) is 0 Å². The molecular formula is C28H40O6S. The predicted molar refractivity (Wildman–Crippen MR) is 140 cm³/mol. The molecule has 0 saturated carbocycles. The molecule has 194 valence electrons. The summed E-state index contributed by atoms with van der Waals surface area (Å²) in [5, 5.41) is 1.01. The first-order valence-electron chi connectivity index (χ1n) is 13.0. The number of unbranched alkanes of at least 4 members (excludes halogenated alkanes) is 9. The lowest BCUT2D eigenvalue weighted by Gasteiger charge is -2.16. The average Bonchev–Trinajstić information content (AvgIpc) is 3.18. The highest BCUT2D eigenvalue weighted by molar-refractivity contribution is 7.99. The van der Waals surface area contributed by atoms with Gasteiger partial charge in [0.15, 0.2) is 11.9 Å². The fourth-order valence-electron chi connectivity index (χ4n) is 4.27. The molecule has 35 heavy (non-hydrogen) atoms. The number of hydrogen-bond donors (Lipinski definition) is 0. The second-order valence-electron chi connectivity index (χ2n) is 9.78. The third kappa shape index (κ3) is 9.62. The zero-order valence-corrected chi connectivity index (χ0v) is 22.3. The van der Waals surface area contributed by atoms with E-state index >= 15 is 0 Å². The van der Waals surface area contributed by atoms with E-state index in [0.29, 0.717) is 12.2 Å². The van der Waals surface area contributed by atoms with Crippen LogP contribution < -0.4 is 5.63 Å². The smallest absolute Gasteiger partial charge is 0.337 e. The molecule has 2 aromatic rings. The maximum absolute atomic E-state index is 11.9. The van der Waals surface area contributed by atoms with Crippen molar-refractivity contribution in [2.24, 2.45) is 0 Å². The van der Waals surface area contributed by atoms with Crippen molar-refractivity contribution in [2.75, 3.05) is 19.0 Å². The molecule has 3 rings (SSSR count). The molecular weight excluding hydrogens is 464 g/mol. The Labute approximate surface area is 213 Å². The van der Waals surface area contributed by atoms with E-state index in [0.717, 1.165) is 34.4 Å². The highest BCUT2D eigenvalue weighted by Gasteiger charge is 2.37. The van der Waals surface area contributed by atoms with Gasteiger partial charge in [-0.05, 0) is 63.1 Å². The van der Waals surface area contributed by atoms with Gasteiger partial charge < -0.3 is 18.6 Å². The highest BCUT2D eigenvalue weighted by Crippen LogP contribution is 2.26. The van der Waals surface area contributed by atoms with Gasteiger partial charge in [-0.2, -0.15) is 0 Å². The molecule has 1 aromatic carbocycles. The van der Waals surface area contributed by atoms with E-state index in [9.17, 15) is 9.59 Å². The summed E-state index contributed by atoms with van der Waals surface area (Å²) in [6.45, 7) is 6.28. The molecule has 0 bridgehead atoms. The Hall–Kier alpha value is -1.83. The van der Waals surface area contributed by atoms with Crippen LogP contribution in [0.3, 0.4) is 0 Å². The molecule has 0 aliphatic carbocycles. The molecule has 1 atom stereocenters. The number of carbonyl (C=O) groups excluding carboxylic acids is 1. The largest absolute Gasteiger partial charge is 0.464 e. The lowest BCUT2D eigenvalue weighted by atomic mass is 10.1. The highest BCUT2D eigenvalue weighted by atomic mass is 32.2. The Morgan fingerprint density at radius 3 is 2.31 bits per heavy atom. The molecule has 1 unspecified atom stereocenters. The minimum atomic E-state index is -0.693. The molecule has 0 amide bonds. The van der Waals surface area contributed by atoms with Gasteiger partial charge in [0.2, 0.25) is 0 Å². The molecule has 0 spiro atoms. The number of aryl methyl sites for hydroxylation is 1. The first kappa shape index (κ1) is 27.8. The van der Waals surface area contributed by atoms with Crippen LogP contribution in [0.15, 0.2) is 38.4 Å². The van der Waals surface area contributed by atoms with E-state index < -0.39 is 11.9 Å². The Balaban J connectivity index is 1.12. The van der Waals surface area contributed by atoms with E-state index in [-0.39, 0.29) is 18.2 Å². The van der Waals surface area contributed by atoms with Crippen molar-refractivity contribution in [2.45, 2.75) is 102 Å². The Bertz CT molecular complexity index is 999. The molecule has 6 nitrogen and oxygen atoms in total. The summed E-state index contributed by atoms with van der Waals surface area (Å²) in [6.07, 6.45) is 11.5. The number of esters is 1. The summed E-state index contributed by atoms with van der Waals surface area (Å²) < 4.78 is 21.5. The maximum Gasteiger partial charge on any atom is 0.337 e. The summed E-state index contributed by atoms with van der Waals surface area (Å²) in [6, 6.07) is 7.69. The number of rotatable bonds is 15. The lowest BCUT2D eigenvalue weighted by Crippen LogP contribution is -2.28. The minimum absolute atomic E-state index is 0.273. The van der Waals surface area contributed by atoms with Crippen LogP contribution in [0, 0.1) is 6.92 Å². The monoisotopic (exact) mass is 504 g/mol. The van der Waals surface area contributed by atoms with Crippen molar-refractivity contribution < 1.29 is 23.4 Å². The van der Waals surface area contributed by atoms with Crippen LogP contribution in [0.1, 0.15) is 83.6 Å². The topological polar surface area (TPSA) is 75.0 Å². The number of carbonyl (C=O) groups is 1. The van der Waals surface area contributed by atoms with E-state index in [1.165, 1.54) is 51.4 Å². The molecule has 1 fully saturated rings. The second-order valence-corrected chi connectivity index (χ2v) is 10.9. The van der Waals surface area contributed by atoms with E-state index in [4.69, 9.17) is 18.6 Å². The Morgan fingerprint density at radius 1 is 1.00 bits per heavy atom. The van der Waals surface area contributed by atoms with Crippen molar-refractivity contribution in [3.8, 4) is 0 Å². The lowest BCUT2D eigenvalue weighted by molar-refractivity contribution is -0.170. The fraction of sp³-hybridized carbons (Fsp3) is 0.643. The van der Waals surface area contributed by atoms with Crippen LogP contribution in [0.4, 0.5) is 0 Å². The number of fused-ring (bicyclic) bond motifs is 1. The molecule has 1 aliphatic rings. The molecule has 1 aliphatic heterocycles. The SMILES string of the molecule is Cc1cc(=O)oc2cc(SCCCCCCCCCCCCOC(=O)C3COC(C)(C)O3)ccc12. The van der Waals surface area contributed by atoms with Gasteiger partial charge in [-0.25, -0.2) is 9.59 Å². The van der Waals surface area contributed by atoms with Gasteiger partial charge >= 0.3 is 11.6 Å². The summed E-state index contributed by atoms with van der Waals surface area (Å²) in [7, 11) is 0. The normalized spacial score (nSPS) is 17.2. The quantitative estimate of drug-likeness (QED) is 0.114. The van der Waals surface area contributed by atoms with Crippen LogP contribution in [-0.4, -0.2) is 36.8 Å². The first-order valence-corrected chi connectivity index (χ1v) is 14.0. The molecule has 1 saturated heterocycles. The first-order chi connectivity index (χ1) is 16.8. The van der Waals surface area contributed by atoms with Crippen LogP contribution in [-0.2, 0) is 19.0 Å². The van der Waals surface area contributed by atoms with Crippen molar-refractivity contribution in [1.82, 2.24) is 0 Å². The van der Waals surface area contributed by atoms with Gasteiger partial charge in [-0.15, -0.1) is 11.8 Å². The van der Waals surface area contributed by atoms with Crippen molar-refractivity contribution in [3.05, 3.63) is 40.2 Å². The standard InChI is InChI=1S/C28H40O6S/c1-21-18-26(29)33-24-19-22(14-15-23(21)24)35-17-13-11-9-7-5-4-6-8-10-12-16-31-27(30)25-20-32-28(2,3)34-25/h14-15,18-19,25H,4-13,16-17,20H2,1-3H3. The zero-order valence-electron chi connectivity index (χ0n) is 21.4. The summed E-state index contributed by atoms with van der Waals surface area (Å²) >= 11 is 1.83. The number of hydrogen-bond acceptors (Lipinski definition) is 7. The summed E-state index contributed by atoms with van der Waals surface area (Å²) in [5.41, 5.74) is 1.36. The summed E-state index contributed by atoms with van der Waals surface area (Å²) in [5.74, 6) is 0.0835. The van der Waals surface area contributed by atoms with Crippen LogP contribution in [0.5, 0.6) is 0 Å². The number of thioether (sulfide) groups is 1. The zero-order chi connectivity index (χ0) is 25.1. The molecule has 2 heterocycles. The van der Waals surface area contributed by atoms with Crippen LogP contribution >= 0.6 is 11.8 Å². The number of ether oxygens (including phenoxy) is 3. The van der Waals surface area contributed by atoms with Gasteiger partial charge in [0.1, 0.15) is 5.58 Å². The maximum atomic E-state index is 11.9. The molecule has 0 radical (unpaired) electrons. The Morgan fingerprint density at radius 2 is 1.66 bits per heavy atom.